The lowest BCUT2D eigenvalue weighted by Crippen LogP contribution is -2.35. The van der Waals surface area contributed by atoms with Gasteiger partial charge in [0.25, 0.3) is 0 Å². The van der Waals surface area contributed by atoms with Gasteiger partial charge in [0.15, 0.2) is 0 Å². The van der Waals surface area contributed by atoms with Crippen LogP contribution in [0.4, 0.5) is 0 Å². The van der Waals surface area contributed by atoms with Crippen molar-refractivity contribution in [1.82, 2.24) is 4.90 Å². The molecule has 0 spiro atoms. The van der Waals surface area contributed by atoms with Crippen LogP contribution >= 0.6 is 11.8 Å². The van der Waals surface area contributed by atoms with E-state index in [4.69, 9.17) is 4.74 Å². The van der Waals surface area contributed by atoms with E-state index < -0.39 is 0 Å². The Morgan fingerprint density at radius 2 is 1.48 bits per heavy atom. The highest BCUT2D eigenvalue weighted by molar-refractivity contribution is 7.98. The highest BCUT2D eigenvalue weighted by Gasteiger charge is 2.20. The van der Waals surface area contributed by atoms with Crippen LogP contribution < -0.4 is 4.74 Å². The van der Waals surface area contributed by atoms with Crippen molar-refractivity contribution in [2.75, 3.05) is 26.0 Å². The van der Waals surface area contributed by atoms with E-state index in [-0.39, 0.29) is 0 Å². The van der Waals surface area contributed by atoms with E-state index >= 15 is 0 Å². The molecule has 0 bridgehead atoms. The van der Waals surface area contributed by atoms with Crippen LogP contribution in [0.5, 0.6) is 5.75 Å². The highest BCUT2D eigenvalue weighted by atomic mass is 32.2. The number of hydrogen-bond donors (Lipinski definition) is 0. The van der Waals surface area contributed by atoms with Crippen LogP contribution in [0.3, 0.4) is 0 Å². The average Bonchev–Trinajstić information content (AvgIpc) is 2.81. The van der Waals surface area contributed by atoms with Crippen molar-refractivity contribution in [2.24, 2.45) is 5.92 Å². The average molecular weight is 432 g/mol. The maximum Gasteiger partial charge on any atom is 0.119 e. The molecule has 1 saturated heterocycles. The van der Waals surface area contributed by atoms with Gasteiger partial charge >= 0.3 is 0 Å². The molecule has 0 atom stereocenters. The predicted octanol–water partition coefficient (Wildman–Crippen LogP) is 6.98. The SMILES string of the molecule is CSc1ccc(-c2ccc(OCC3CCN(Cc4ccc(C)c(C)c4)CC3)cc2)cc1. The second kappa shape index (κ2) is 10.4. The Kier molecular flexibility index (Phi) is 7.37. The van der Waals surface area contributed by atoms with Crippen molar-refractivity contribution in [3.05, 3.63) is 83.4 Å². The molecule has 0 N–H and O–H groups in total. The van der Waals surface area contributed by atoms with Gasteiger partial charge in [0.2, 0.25) is 0 Å². The monoisotopic (exact) mass is 431 g/mol. The molecule has 0 aromatic heterocycles. The van der Waals surface area contributed by atoms with Crippen molar-refractivity contribution in [2.45, 2.75) is 38.1 Å². The van der Waals surface area contributed by atoms with E-state index in [0.717, 1.165) is 32.0 Å². The normalized spacial score (nSPS) is 15.2. The molecule has 3 aromatic carbocycles. The topological polar surface area (TPSA) is 12.5 Å². The molecule has 0 unspecified atom stereocenters. The van der Waals surface area contributed by atoms with Crippen molar-refractivity contribution in [3.8, 4) is 16.9 Å². The Morgan fingerprint density at radius 3 is 2.10 bits per heavy atom. The molecule has 4 rings (SSSR count). The van der Waals surface area contributed by atoms with Crippen molar-refractivity contribution in [3.63, 3.8) is 0 Å². The molecule has 0 saturated carbocycles. The lowest BCUT2D eigenvalue weighted by molar-refractivity contribution is 0.136. The van der Waals surface area contributed by atoms with Gasteiger partial charge in [-0.3, -0.25) is 4.90 Å². The molecule has 1 aliphatic rings. The molecular weight excluding hydrogens is 398 g/mol. The zero-order chi connectivity index (χ0) is 21.6. The second-order valence-electron chi connectivity index (χ2n) is 8.70. The number of rotatable bonds is 7. The molecule has 162 valence electrons. The predicted molar refractivity (Wildman–Crippen MR) is 133 cm³/mol. The van der Waals surface area contributed by atoms with Crippen LogP contribution in [-0.4, -0.2) is 30.9 Å². The number of thioether (sulfide) groups is 1. The highest BCUT2D eigenvalue weighted by Crippen LogP contribution is 2.26. The fourth-order valence-corrected chi connectivity index (χ4v) is 4.62. The summed E-state index contributed by atoms with van der Waals surface area (Å²) in [5, 5.41) is 0. The standard InChI is InChI=1S/C28H33NOS/c1-21-4-5-24(18-22(21)2)19-29-16-14-23(15-17-29)20-30-27-10-6-25(7-11-27)26-8-12-28(31-3)13-9-26/h4-13,18,23H,14-17,19-20H2,1-3H3. The number of hydrogen-bond acceptors (Lipinski definition) is 3. The Balaban J connectivity index is 1.23. The van der Waals surface area contributed by atoms with Gasteiger partial charge in [-0.1, -0.05) is 42.5 Å². The number of nitrogens with zero attached hydrogens (tertiary/aromatic N) is 1. The zero-order valence-electron chi connectivity index (χ0n) is 18.9. The first-order valence-electron chi connectivity index (χ1n) is 11.3. The van der Waals surface area contributed by atoms with E-state index in [9.17, 15) is 0 Å². The zero-order valence-corrected chi connectivity index (χ0v) is 19.8. The fourth-order valence-electron chi connectivity index (χ4n) is 4.21. The molecule has 31 heavy (non-hydrogen) atoms. The number of benzene rings is 3. The number of likely N-dealkylation sites (tertiary alicyclic amines) is 1. The minimum Gasteiger partial charge on any atom is -0.493 e. The Hall–Kier alpha value is -2.23. The lowest BCUT2D eigenvalue weighted by Gasteiger charge is -2.32. The Labute approximate surface area is 191 Å². The molecule has 1 fully saturated rings. The van der Waals surface area contributed by atoms with Gasteiger partial charge in [0.05, 0.1) is 6.61 Å². The van der Waals surface area contributed by atoms with Gasteiger partial charge in [0, 0.05) is 11.4 Å². The number of aryl methyl sites for hydroxylation is 2. The largest absolute Gasteiger partial charge is 0.493 e. The molecule has 0 amide bonds. The minimum atomic E-state index is 0.648. The summed E-state index contributed by atoms with van der Waals surface area (Å²) in [6.45, 7) is 8.59. The van der Waals surface area contributed by atoms with Gasteiger partial charge in [-0.2, -0.15) is 0 Å². The maximum absolute atomic E-state index is 6.13. The molecule has 2 nitrogen and oxygen atoms in total. The van der Waals surface area contributed by atoms with Gasteiger partial charge in [0.1, 0.15) is 5.75 Å². The van der Waals surface area contributed by atoms with E-state index in [1.165, 1.54) is 45.6 Å². The van der Waals surface area contributed by atoms with Gasteiger partial charge in [-0.05, 0) is 104 Å². The number of piperidine rings is 1. The summed E-state index contributed by atoms with van der Waals surface area (Å²) in [4.78, 5) is 3.88. The molecule has 3 aromatic rings. The first-order valence-corrected chi connectivity index (χ1v) is 12.5. The third kappa shape index (κ3) is 5.93. The first kappa shape index (κ1) is 22.0. The van der Waals surface area contributed by atoms with E-state index in [2.05, 4.69) is 91.7 Å². The van der Waals surface area contributed by atoms with Crippen LogP contribution in [0.1, 0.15) is 29.5 Å². The summed E-state index contributed by atoms with van der Waals surface area (Å²) in [5.41, 5.74) is 6.69. The van der Waals surface area contributed by atoms with Gasteiger partial charge in [-0.25, -0.2) is 0 Å². The van der Waals surface area contributed by atoms with Crippen molar-refractivity contribution < 1.29 is 4.74 Å². The van der Waals surface area contributed by atoms with E-state index in [0.29, 0.717) is 5.92 Å². The molecule has 3 heteroatoms. The van der Waals surface area contributed by atoms with Crippen LogP contribution in [0, 0.1) is 19.8 Å². The molecule has 1 aliphatic heterocycles. The Bertz CT molecular complexity index is 973. The van der Waals surface area contributed by atoms with Crippen LogP contribution in [0.25, 0.3) is 11.1 Å². The van der Waals surface area contributed by atoms with E-state index in [1.54, 1.807) is 11.8 Å². The summed E-state index contributed by atoms with van der Waals surface area (Å²) in [6.07, 6.45) is 4.53. The maximum atomic E-state index is 6.13. The van der Waals surface area contributed by atoms with Crippen molar-refractivity contribution >= 4 is 11.8 Å². The minimum absolute atomic E-state index is 0.648. The summed E-state index contributed by atoms with van der Waals surface area (Å²) < 4.78 is 6.13. The summed E-state index contributed by atoms with van der Waals surface area (Å²) >= 11 is 1.77. The summed E-state index contributed by atoms with van der Waals surface area (Å²) in [6, 6.07) is 24.1. The summed E-state index contributed by atoms with van der Waals surface area (Å²) in [7, 11) is 0. The fraction of sp³-hybridized carbons (Fsp3) is 0.357. The molecule has 1 heterocycles. The molecular formula is C28H33NOS. The van der Waals surface area contributed by atoms with Crippen LogP contribution in [0.2, 0.25) is 0 Å². The Morgan fingerprint density at radius 1 is 0.839 bits per heavy atom. The smallest absolute Gasteiger partial charge is 0.119 e. The van der Waals surface area contributed by atoms with Crippen LogP contribution in [-0.2, 0) is 6.54 Å². The first-order chi connectivity index (χ1) is 15.1. The lowest BCUT2D eigenvalue weighted by atomic mass is 9.97. The van der Waals surface area contributed by atoms with Gasteiger partial charge in [-0.15, -0.1) is 11.8 Å². The second-order valence-corrected chi connectivity index (χ2v) is 9.58. The van der Waals surface area contributed by atoms with Gasteiger partial charge < -0.3 is 4.74 Å². The molecule has 0 aliphatic carbocycles. The van der Waals surface area contributed by atoms with Crippen LogP contribution in [0.15, 0.2) is 71.6 Å². The summed E-state index contributed by atoms with van der Waals surface area (Å²) in [5.74, 6) is 1.62. The number of ether oxygens (including phenoxy) is 1. The molecule has 0 radical (unpaired) electrons. The third-order valence-corrected chi connectivity index (χ3v) is 7.19. The van der Waals surface area contributed by atoms with Crippen molar-refractivity contribution in [1.29, 1.82) is 0 Å². The van der Waals surface area contributed by atoms with E-state index in [1.807, 2.05) is 0 Å². The third-order valence-electron chi connectivity index (χ3n) is 6.45. The quantitative estimate of drug-likeness (QED) is 0.374.